The van der Waals surface area contributed by atoms with Crippen LogP contribution in [0, 0.1) is 0 Å². The van der Waals surface area contributed by atoms with E-state index < -0.39 is 11.2 Å². The number of rotatable bonds is 2. The molecule has 0 bridgehead atoms. The highest BCUT2D eigenvalue weighted by Crippen LogP contribution is 2.24. The Bertz CT molecular complexity index is 374. The van der Waals surface area contributed by atoms with Gasteiger partial charge >= 0.3 is 6.09 Å². The van der Waals surface area contributed by atoms with Crippen molar-refractivity contribution < 1.29 is 14.6 Å². The third-order valence-electron chi connectivity index (χ3n) is 3.00. The molecule has 0 aromatic carbocycles. The molecule has 7 nitrogen and oxygen atoms in total. The molecule has 1 aliphatic heterocycles. The summed E-state index contributed by atoms with van der Waals surface area (Å²) in [6.45, 7) is 6.47. The smallest absolute Gasteiger partial charge is 0.410 e. The van der Waals surface area contributed by atoms with Crippen molar-refractivity contribution in [3.8, 4) is 0 Å². The van der Waals surface area contributed by atoms with E-state index in [0.29, 0.717) is 32.4 Å². The summed E-state index contributed by atoms with van der Waals surface area (Å²) in [5, 5.41) is 13.7. The van der Waals surface area contributed by atoms with Crippen LogP contribution < -0.4 is 0 Å². The van der Waals surface area contributed by atoms with Gasteiger partial charge in [-0.25, -0.2) is 4.79 Å². The van der Waals surface area contributed by atoms with Crippen molar-refractivity contribution in [3.63, 3.8) is 0 Å². The highest BCUT2D eigenvalue weighted by molar-refractivity contribution is 5.68. The van der Waals surface area contributed by atoms with Crippen LogP contribution >= 0.6 is 0 Å². The van der Waals surface area contributed by atoms with Gasteiger partial charge in [-0.15, -0.1) is 0 Å². The van der Waals surface area contributed by atoms with Crippen LogP contribution in [0.1, 0.15) is 40.0 Å². The number of ether oxygens (including phenoxy) is 1. The summed E-state index contributed by atoms with van der Waals surface area (Å²) in [6.07, 6.45) is 1.22. The number of nitrogens with zero attached hydrogens (tertiary/aromatic N) is 4. The maximum Gasteiger partial charge on any atom is 0.410 e. The topological polar surface area (TPSA) is 98.5 Å². The Balaban J connectivity index is 2.58. The van der Waals surface area contributed by atoms with Crippen LogP contribution in [0.3, 0.4) is 0 Å². The first-order valence-electron chi connectivity index (χ1n) is 6.47. The summed E-state index contributed by atoms with van der Waals surface area (Å²) in [6, 6.07) is 0. The molecule has 1 aliphatic rings. The van der Waals surface area contributed by atoms with Crippen LogP contribution in [0.15, 0.2) is 5.11 Å². The minimum Gasteiger partial charge on any atom is -0.444 e. The molecule has 1 saturated heterocycles. The fourth-order valence-electron chi connectivity index (χ4n) is 2.01. The molecule has 1 amide bonds. The molecule has 1 unspecified atom stereocenters. The maximum atomic E-state index is 11.9. The van der Waals surface area contributed by atoms with Gasteiger partial charge in [-0.2, -0.15) is 0 Å². The Labute approximate surface area is 113 Å². The SMILES string of the molecule is CC(C)(C)OC(=O)N1CCCC(O)(CN=[N+]=[N-])CC1. The van der Waals surface area contributed by atoms with Gasteiger partial charge in [-0.1, -0.05) is 5.11 Å². The van der Waals surface area contributed by atoms with Crippen LogP contribution in [0.2, 0.25) is 0 Å². The summed E-state index contributed by atoms with van der Waals surface area (Å²) >= 11 is 0. The molecular formula is C12H22N4O3. The largest absolute Gasteiger partial charge is 0.444 e. The van der Waals surface area contributed by atoms with Crippen LogP contribution in [0.25, 0.3) is 10.4 Å². The monoisotopic (exact) mass is 270 g/mol. The average molecular weight is 270 g/mol. The van der Waals surface area contributed by atoms with E-state index in [9.17, 15) is 9.90 Å². The number of hydrogen-bond donors (Lipinski definition) is 1. The zero-order valence-electron chi connectivity index (χ0n) is 11.8. The van der Waals surface area contributed by atoms with Gasteiger partial charge in [0, 0.05) is 18.0 Å². The molecule has 1 N–H and O–H groups in total. The Morgan fingerprint density at radius 1 is 1.47 bits per heavy atom. The van der Waals surface area contributed by atoms with Gasteiger partial charge in [0.25, 0.3) is 0 Å². The highest BCUT2D eigenvalue weighted by atomic mass is 16.6. The molecule has 0 aliphatic carbocycles. The van der Waals surface area contributed by atoms with Crippen molar-refractivity contribution >= 4 is 6.09 Å². The molecular weight excluding hydrogens is 248 g/mol. The molecule has 1 rings (SSSR count). The van der Waals surface area contributed by atoms with E-state index in [4.69, 9.17) is 10.3 Å². The quantitative estimate of drug-likeness (QED) is 0.474. The van der Waals surface area contributed by atoms with Gasteiger partial charge in [-0.3, -0.25) is 0 Å². The molecule has 19 heavy (non-hydrogen) atoms. The van der Waals surface area contributed by atoms with Crippen molar-refractivity contribution in [2.45, 2.75) is 51.2 Å². The van der Waals surface area contributed by atoms with E-state index in [1.54, 1.807) is 4.90 Å². The van der Waals surface area contributed by atoms with Crippen LogP contribution in [0.5, 0.6) is 0 Å². The van der Waals surface area contributed by atoms with Crippen LogP contribution in [-0.4, -0.2) is 46.9 Å². The van der Waals surface area contributed by atoms with Crippen LogP contribution in [0.4, 0.5) is 4.79 Å². The third kappa shape index (κ3) is 5.36. The molecule has 1 fully saturated rings. The second-order valence-electron chi connectivity index (χ2n) is 5.93. The normalized spacial score (nSPS) is 24.3. The van der Waals surface area contributed by atoms with E-state index in [-0.39, 0.29) is 12.6 Å². The summed E-state index contributed by atoms with van der Waals surface area (Å²) in [4.78, 5) is 16.2. The van der Waals surface area contributed by atoms with E-state index in [1.165, 1.54) is 0 Å². The molecule has 0 saturated carbocycles. The molecule has 1 heterocycles. The van der Waals surface area contributed by atoms with Gasteiger partial charge in [-0.05, 0) is 45.6 Å². The van der Waals surface area contributed by atoms with Crippen molar-refractivity contribution in [3.05, 3.63) is 10.4 Å². The first kappa shape index (κ1) is 15.6. The number of aliphatic hydroxyl groups is 1. The van der Waals surface area contributed by atoms with E-state index in [2.05, 4.69) is 10.0 Å². The van der Waals surface area contributed by atoms with Gasteiger partial charge in [0.05, 0.1) is 12.1 Å². The van der Waals surface area contributed by atoms with E-state index in [0.717, 1.165) is 0 Å². The second kappa shape index (κ2) is 6.12. The molecule has 0 aromatic rings. The maximum absolute atomic E-state index is 11.9. The average Bonchev–Trinajstić information content (AvgIpc) is 2.47. The lowest BCUT2D eigenvalue weighted by Gasteiger charge is -2.27. The van der Waals surface area contributed by atoms with Crippen molar-refractivity contribution in [1.29, 1.82) is 0 Å². The standard InChI is InChI=1S/C12H22N4O3/c1-11(2,3)19-10(17)16-7-4-5-12(18,6-8-16)9-14-15-13/h18H,4-9H2,1-3H3. The second-order valence-corrected chi connectivity index (χ2v) is 5.93. The fourth-order valence-corrected chi connectivity index (χ4v) is 2.01. The van der Waals surface area contributed by atoms with Crippen molar-refractivity contribution in [2.75, 3.05) is 19.6 Å². The van der Waals surface area contributed by atoms with Gasteiger partial charge < -0.3 is 14.7 Å². The molecule has 108 valence electrons. The summed E-state index contributed by atoms with van der Waals surface area (Å²) < 4.78 is 5.31. The van der Waals surface area contributed by atoms with Crippen molar-refractivity contribution in [2.24, 2.45) is 5.11 Å². The Morgan fingerprint density at radius 3 is 2.74 bits per heavy atom. The predicted octanol–water partition coefficient (Wildman–Crippen LogP) is 2.45. The van der Waals surface area contributed by atoms with Crippen LogP contribution in [-0.2, 0) is 4.74 Å². The summed E-state index contributed by atoms with van der Waals surface area (Å²) in [5.41, 5.74) is 6.78. The number of azide groups is 1. The first-order valence-corrected chi connectivity index (χ1v) is 6.47. The number of carbonyl (C=O) groups excluding carboxylic acids is 1. The number of carbonyl (C=O) groups is 1. The lowest BCUT2D eigenvalue weighted by Crippen LogP contribution is -2.39. The summed E-state index contributed by atoms with van der Waals surface area (Å²) in [5.74, 6) is 0. The number of amides is 1. The highest BCUT2D eigenvalue weighted by Gasteiger charge is 2.32. The zero-order chi connectivity index (χ0) is 14.5. The Morgan fingerprint density at radius 2 is 2.16 bits per heavy atom. The minimum atomic E-state index is -1.01. The number of hydrogen-bond acceptors (Lipinski definition) is 4. The molecule has 0 radical (unpaired) electrons. The van der Waals surface area contributed by atoms with Crippen molar-refractivity contribution in [1.82, 2.24) is 4.90 Å². The molecule has 7 heteroatoms. The third-order valence-corrected chi connectivity index (χ3v) is 3.00. The van der Waals surface area contributed by atoms with E-state index >= 15 is 0 Å². The summed E-state index contributed by atoms with van der Waals surface area (Å²) in [7, 11) is 0. The molecule has 0 aromatic heterocycles. The first-order chi connectivity index (χ1) is 8.76. The lowest BCUT2D eigenvalue weighted by atomic mass is 9.95. The lowest BCUT2D eigenvalue weighted by molar-refractivity contribution is 0.0187. The predicted molar refractivity (Wildman–Crippen MR) is 70.6 cm³/mol. The van der Waals surface area contributed by atoms with Gasteiger partial charge in [0.2, 0.25) is 0 Å². The molecule has 1 atom stereocenters. The van der Waals surface area contributed by atoms with E-state index in [1.807, 2.05) is 20.8 Å². The minimum absolute atomic E-state index is 0.0473. The fraction of sp³-hybridized carbons (Fsp3) is 0.917. The Hall–Kier alpha value is -1.46. The Kier molecular flexibility index (Phi) is 5.03. The zero-order valence-corrected chi connectivity index (χ0v) is 11.8. The van der Waals surface area contributed by atoms with Gasteiger partial charge in [0.15, 0.2) is 0 Å². The molecule has 0 spiro atoms. The van der Waals surface area contributed by atoms with Gasteiger partial charge in [0.1, 0.15) is 5.60 Å². The number of likely N-dealkylation sites (tertiary alicyclic amines) is 1.